The summed E-state index contributed by atoms with van der Waals surface area (Å²) in [5.41, 5.74) is 1.12. The molecular weight excluding hydrogens is 380 g/mol. The van der Waals surface area contributed by atoms with E-state index in [1.807, 2.05) is 51.1 Å². The summed E-state index contributed by atoms with van der Waals surface area (Å²) in [5.74, 6) is -0.0834. The van der Waals surface area contributed by atoms with Crippen LogP contribution >= 0.6 is 0 Å². The van der Waals surface area contributed by atoms with Crippen LogP contribution in [0.3, 0.4) is 0 Å². The molecule has 7 nitrogen and oxygen atoms in total. The molecule has 2 N–H and O–H groups in total. The van der Waals surface area contributed by atoms with E-state index in [4.69, 9.17) is 4.74 Å². The second-order valence-electron chi connectivity index (χ2n) is 8.86. The van der Waals surface area contributed by atoms with Crippen LogP contribution < -0.4 is 5.32 Å². The number of aromatic nitrogens is 1. The van der Waals surface area contributed by atoms with Crippen molar-refractivity contribution >= 4 is 16.8 Å². The Bertz CT molecular complexity index is 823. The molecule has 1 fully saturated rings. The summed E-state index contributed by atoms with van der Waals surface area (Å²) < 4.78 is 5.66. The molecule has 0 aliphatic carbocycles. The number of amides is 1. The number of rotatable bonds is 8. The molecule has 1 aliphatic heterocycles. The maximum atomic E-state index is 12.6. The number of hydrogen-bond donors (Lipinski definition) is 2. The normalized spacial score (nSPS) is 17.2. The Morgan fingerprint density at radius 2 is 1.87 bits per heavy atom. The van der Waals surface area contributed by atoms with E-state index in [0.717, 1.165) is 43.6 Å². The molecule has 30 heavy (non-hydrogen) atoms. The van der Waals surface area contributed by atoms with Crippen molar-refractivity contribution < 1.29 is 14.6 Å². The third-order valence-electron chi connectivity index (χ3n) is 5.23. The molecule has 1 atom stereocenters. The predicted octanol–water partition coefficient (Wildman–Crippen LogP) is 1.76. The van der Waals surface area contributed by atoms with Crippen molar-refractivity contribution in [1.82, 2.24) is 20.1 Å². The number of aliphatic hydroxyl groups excluding tert-OH is 1. The monoisotopic (exact) mass is 414 g/mol. The van der Waals surface area contributed by atoms with E-state index < -0.39 is 6.10 Å². The molecule has 0 saturated carbocycles. The van der Waals surface area contributed by atoms with Gasteiger partial charge in [-0.15, -0.1) is 0 Å². The van der Waals surface area contributed by atoms with Gasteiger partial charge >= 0.3 is 0 Å². The highest BCUT2D eigenvalue weighted by atomic mass is 16.5. The van der Waals surface area contributed by atoms with E-state index >= 15 is 0 Å². The van der Waals surface area contributed by atoms with Gasteiger partial charge in [-0.25, -0.2) is 0 Å². The Balaban J connectivity index is 1.37. The minimum absolute atomic E-state index is 0.0834. The first-order chi connectivity index (χ1) is 14.3. The number of aliphatic hydroxyl groups is 1. The summed E-state index contributed by atoms with van der Waals surface area (Å²) in [4.78, 5) is 21.6. The van der Waals surface area contributed by atoms with Gasteiger partial charge in [0.25, 0.3) is 5.91 Å². The highest BCUT2D eigenvalue weighted by Crippen LogP contribution is 2.15. The van der Waals surface area contributed by atoms with Crippen molar-refractivity contribution in [1.29, 1.82) is 0 Å². The second kappa shape index (κ2) is 10.3. The van der Waals surface area contributed by atoms with Crippen LogP contribution in [0, 0.1) is 0 Å². The molecule has 2 aromatic rings. The highest BCUT2D eigenvalue weighted by Gasteiger charge is 2.21. The van der Waals surface area contributed by atoms with Gasteiger partial charge in [-0.1, -0.05) is 18.2 Å². The van der Waals surface area contributed by atoms with Gasteiger partial charge in [-0.3, -0.25) is 19.6 Å². The average Bonchev–Trinajstić information content (AvgIpc) is 2.72. The Morgan fingerprint density at radius 3 is 2.60 bits per heavy atom. The van der Waals surface area contributed by atoms with Gasteiger partial charge in [0.2, 0.25) is 0 Å². The first-order valence-electron chi connectivity index (χ1n) is 10.7. The number of piperazine rings is 1. The van der Waals surface area contributed by atoms with Crippen molar-refractivity contribution in [2.75, 3.05) is 52.4 Å². The number of hydrogen-bond acceptors (Lipinski definition) is 6. The molecule has 3 rings (SSSR count). The molecule has 0 radical (unpaired) electrons. The minimum atomic E-state index is -0.468. The Labute approximate surface area is 179 Å². The number of fused-ring (bicyclic) bond motifs is 1. The van der Waals surface area contributed by atoms with E-state index in [2.05, 4.69) is 20.1 Å². The quantitative estimate of drug-likeness (QED) is 0.685. The average molecular weight is 415 g/mol. The van der Waals surface area contributed by atoms with Crippen LogP contribution in [-0.4, -0.2) is 89.9 Å². The van der Waals surface area contributed by atoms with Crippen LogP contribution in [-0.2, 0) is 4.74 Å². The molecule has 0 spiro atoms. The Morgan fingerprint density at radius 1 is 1.17 bits per heavy atom. The zero-order valence-corrected chi connectivity index (χ0v) is 18.3. The molecule has 7 heteroatoms. The van der Waals surface area contributed by atoms with Crippen molar-refractivity contribution in [3.8, 4) is 0 Å². The van der Waals surface area contributed by atoms with E-state index in [1.165, 1.54) is 0 Å². The van der Waals surface area contributed by atoms with Crippen LogP contribution in [0.5, 0.6) is 0 Å². The maximum Gasteiger partial charge on any atom is 0.253 e. The number of nitrogens with one attached hydrogen (secondary N) is 1. The first-order valence-corrected chi connectivity index (χ1v) is 10.7. The number of para-hydroxylation sites is 1. The van der Waals surface area contributed by atoms with Crippen LogP contribution in [0.1, 0.15) is 31.1 Å². The molecule has 1 aliphatic rings. The molecule has 0 bridgehead atoms. The molecule has 0 unspecified atom stereocenters. The summed E-state index contributed by atoms with van der Waals surface area (Å²) in [6, 6.07) is 9.51. The van der Waals surface area contributed by atoms with Crippen molar-refractivity contribution in [2.45, 2.75) is 32.5 Å². The molecule has 1 saturated heterocycles. The third kappa shape index (κ3) is 6.74. The molecule has 1 aromatic heterocycles. The second-order valence-corrected chi connectivity index (χ2v) is 8.86. The van der Waals surface area contributed by atoms with Gasteiger partial charge in [0.05, 0.1) is 29.4 Å². The third-order valence-corrected chi connectivity index (χ3v) is 5.23. The lowest BCUT2D eigenvalue weighted by Gasteiger charge is -2.35. The lowest BCUT2D eigenvalue weighted by molar-refractivity contribution is -0.0585. The fourth-order valence-corrected chi connectivity index (χ4v) is 3.60. The number of ether oxygens (including phenoxy) is 1. The fourth-order valence-electron chi connectivity index (χ4n) is 3.60. The smallest absolute Gasteiger partial charge is 0.253 e. The molecule has 1 aromatic carbocycles. The van der Waals surface area contributed by atoms with Crippen molar-refractivity contribution in [2.24, 2.45) is 0 Å². The molecule has 2 heterocycles. The van der Waals surface area contributed by atoms with Crippen LogP contribution in [0.2, 0.25) is 0 Å². The summed E-state index contributed by atoms with van der Waals surface area (Å²) in [7, 11) is 0. The van der Waals surface area contributed by atoms with Gasteiger partial charge < -0.3 is 15.2 Å². The van der Waals surface area contributed by atoms with Crippen LogP contribution in [0.25, 0.3) is 10.9 Å². The van der Waals surface area contributed by atoms with E-state index in [0.29, 0.717) is 25.3 Å². The number of carbonyl (C=O) groups excluding carboxylic acids is 1. The zero-order chi connectivity index (χ0) is 21.6. The van der Waals surface area contributed by atoms with E-state index in [1.54, 1.807) is 6.20 Å². The summed E-state index contributed by atoms with van der Waals surface area (Å²) in [6.07, 6.45) is 1.24. The zero-order valence-electron chi connectivity index (χ0n) is 18.3. The van der Waals surface area contributed by atoms with Gasteiger partial charge in [-0.2, -0.15) is 0 Å². The Hall–Kier alpha value is -2.06. The van der Waals surface area contributed by atoms with Gasteiger partial charge in [0, 0.05) is 57.4 Å². The minimum Gasteiger partial charge on any atom is -0.389 e. The lowest BCUT2D eigenvalue weighted by atomic mass is 10.1. The Kier molecular flexibility index (Phi) is 7.77. The number of benzene rings is 1. The van der Waals surface area contributed by atoms with E-state index in [-0.39, 0.29) is 11.5 Å². The lowest BCUT2D eigenvalue weighted by Crippen LogP contribution is -2.50. The summed E-state index contributed by atoms with van der Waals surface area (Å²) in [6.45, 7) is 12.1. The number of carbonyl (C=O) groups is 1. The first kappa shape index (κ1) is 22.6. The van der Waals surface area contributed by atoms with Crippen LogP contribution in [0.15, 0.2) is 36.5 Å². The molecular formula is C23H34N4O3. The van der Waals surface area contributed by atoms with Crippen molar-refractivity contribution in [3.05, 3.63) is 42.1 Å². The standard InChI is InChI=1S/C23H34N4O3/c1-23(2,3)30-17-19(28)16-27-14-12-26(13-15-27)11-10-25-22(29)20-8-4-6-18-7-5-9-24-21(18)20/h4-9,19,28H,10-17H2,1-3H3,(H,25,29)/t19-/m0/s1. The van der Waals surface area contributed by atoms with E-state index in [9.17, 15) is 9.90 Å². The topological polar surface area (TPSA) is 77.9 Å². The van der Waals surface area contributed by atoms with Gasteiger partial charge in [0.15, 0.2) is 0 Å². The van der Waals surface area contributed by atoms with Gasteiger partial charge in [0.1, 0.15) is 0 Å². The van der Waals surface area contributed by atoms with Crippen molar-refractivity contribution in [3.63, 3.8) is 0 Å². The molecule has 164 valence electrons. The summed E-state index contributed by atoms with van der Waals surface area (Å²) in [5, 5.41) is 14.2. The fraction of sp³-hybridized carbons (Fsp3) is 0.565. The molecule has 1 amide bonds. The summed E-state index contributed by atoms with van der Waals surface area (Å²) >= 11 is 0. The highest BCUT2D eigenvalue weighted by molar-refractivity contribution is 6.05. The maximum absolute atomic E-state index is 12.6. The number of pyridine rings is 1. The number of β-amino-alcohol motifs (C(OH)–C–C–N with tert-alkyl or cyclic N) is 1. The van der Waals surface area contributed by atoms with Crippen LogP contribution in [0.4, 0.5) is 0 Å². The van der Waals surface area contributed by atoms with Gasteiger partial charge in [-0.05, 0) is 32.9 Å². The number of nitrogens with zero attached hydrogens (tertiary/aromatic N) is 3. The SMILES string of the molecule is CC(C)(C)OC[C@@H](O)CN1CCN(CCNC(=O)c2cccc3cccnc23)CC1. The predicted molar refractivity (Wildman–Crippen MR) is 119 cm³/mol. The largest absolute Gasteiger partial charge is 0.389 e.